The molecule has 8 heteroatoms. The SMILES string of the molecule is CCC(C)(C)OC(=O)[NH+]1CCC(CCOC(=O)c2c(I)ccc(I)c2I)CC1. The fourth-order valence-corrected chi connectivity index (χ4v) is 5.34. The molecule has 1 saturated heterocycles. The van der Waals surface area contributed by atoms with E-state index in [0.29, 0.717) is 18.1 Å². The molecule has 1 N–H and O–H groups in total. The standard InChI is InChI=1S/C20H26I3NO4/c1-4-20(2,3)28-19(26)24-10-7-13(8-11-24)9-12-27-18(25)16-14(21)5-6-15(22)17(16)23/h5-6,13H,4,7-12H2,1-3H3/p+1. The van der Waals surface area contributed by atoms with Crippen molar-refractivity contribution >= 4 is 79.8 Å². The Morgan fingerprint density at radius 2 is 1.75 bits per heavy atom. The van der Waals surface area contributed by atoms with Gasteiger partial charge in [-0.1, -0.05) is 6.92 Å². The molecule has 28 heavy (non-hydrogen) atoms. The highest BCUT2D eigenvalue weighted by Gasteiger charge is 2.32. The van der Waals surface area contributed by atoms with Crippen LogP contribution in [0.4, 0.5) is 4.79 Å². The van der Waals surface area contributed by atoms with Crippen LogP contribution >= 0.6 is 67.8 Å². The molecule has 0 unspecified atom stereocenters. The molecule has 1 fully saturated rings. The van der Waals surface area contributed by atoms with Crippen molar-refractivity contribution in [2.24, 2.45) is 5.92 Å². The smallest absolute Gasteiger partial charge is 0.462 e. The Balaban J connectivity index is 1.77. The average molecular weight is 726 g/mol. The highest BCUT2D eigenvalue weighted by Crippen LogP contribution is 2.25. The molecule has 0 aliphatic carbocycles. The summed E-state index contributed by atoms with van der Waals surface area (Å²) in [5, 5.41) is 0. The van der Waals surface area contributed by atoms with E-state index in [0.717, 1.165) is 54.4 Å². The van der Waals surface area contributed by atoms with E-state index in [9.17, 15) is 9.59 Å². The molecule has 5 nitrogen and oxygen atoms in total. The predicted octanol–water partition coefficient (Wildman–Crippen LogP) is 4.67. The maximum atomic E-state index is 12.5. The van der Waals surface area contributed by atoms with Gasteiger partial charge in [-0.25, -0.2) is 9.69 Å². The van der Waals surface area contributed by atoms with Gasteiger partial charge in [-0.15, -0.1) is 0 Å². The van der Waals surface area contributed by atoms with E-state index in [2.05, 4.69) is 67.8 Å². The van der Waals surface area contributed by atoms with Crippen molar-refractivity contribution in [1.82, 2.24) is 0 Å². The van der Waals surface area contributed by atoms with Crippen molar-refractivity contribution in [3.8, 4) is 0 Å². The Bertz CT molecular complexity index is 716. The van der Waals surface area contributed by atoms with Crippen LogP contribution in [0.15, 0.2) is 12.1 Å². The van der Waals surface area contributed by atoms with Crippen LogP contribution < -0.4 is 4.90 Å². The monoisotopic (exact) mass is 726 g/mol. The largest absolute Gasteiger partial charge is 0.514 e. The molecule has 1 heterocycles. The number of piperidine rings is 1. The minimum absolute atomic E-state index is 0.139. The molecule has 156 valence electrons. The van der Waals surface area contributed by atoms with E-state index >= 15 is 0 Å². The minimum Gasteiger partial charge on any atom is -0.462 e. The molecule has 1 aliphatic heterocycles. The van der Waals surface area contributed by atoms with Crippen LogP contribution in [0.1, 0.15) is 56.8 Å². The van der Waals surface area contributed by atoms with Gasteiger partial charge < -0.3 is 9.47 Å². The number of alkyl carbamates (subject to hydrolysis) is 2. The molecule has 0 bridgehead atoms. The Morgan fingerprint density at radius 1 is 1.14 bits per heavy atom. The average Bonchev–Trinajstić information content (AvgIpc) is 2.65. The first-order chi connectivity index (χ1) is 13.1. The van der Waals surface area contributed by atoms with Gasteiger partial charge in [0, 0.05) is 23.6 Å². The summed E-state index contributed by atoms with van der Waals surface area (Å²) in [5.74, 6) is 0.235. The van der Waals surface area contributed by atoms with Crippen LogP contribution in [-0.2, 0) is 9.47 Å². The third-order valence-corrected chi connectivity index (χ3v) is 9.18. The lowest BCUT2D eigenvalue weighted by Gasteiger charge is -2.30. The van der Waals surface area contributed by atoms with E-state index in [1.807, 2.05) is 32.9 Å². The zero-order chi connectivity index (χ0) is 20.9. The first-order valence-corrected chi connectivity index (χ1v) is 12.8. The second-order valence-corrected chi connectivity index (χ2v) is 11.1. The number of halogens is 3. The molecule has 0 radical (unpaired) electrons. The molecule has 2 rings (SSSR count). The van der Waals surface area contributed by atoms with E-state index in [1.165, 1.54) is 0 Å². The summed E-state index contributed by atoms with van der Waals surface area (Å²) < 4.78 is 14.1. The number of carbonyl (C=O) groups is 2. The van der Waals surface area contributed by atoms with Crippen molar-refractivity contribution in [2.45, 2.75) is 52.1 Å². The fourth-order valence-electron chi connectivity index (χ4n) is 3.02. The Morgan fingerprint density at radius 3 is 2.36 bits per heavy atom. The first-order valence-electron chi connectivity index (χ1n) is 9.53. The summed E-state index contributed by atoms with van der Waals surface area (Å²) in [6.07, 6.45) is 3.41. The van der Waals surface area contributed by atoms with Crippen molar-refractivity contribution < 1.29 is 24.0 Å². The number of amides is 1. The van der Waals surface area contributed by atoms with Crippen LogP contribution in [0.5, 0.6) is 0 Å². The molecule has 1 amide bonds. The molecule has 0 saturated carbocycles. The predicted molar refractivity (Wildman–Crippen MR) is 134 cm³/mol. The molecule has 1 aromatic carbocycles. The van der Waals surface area contributed by atoms with Crippen LogP contribution in [0.3, 0.4) is 0 Å². The van der Waals surface area contributed by atoms with Crippen molar-refractivity contribution in [3.05, 3.63) is 28.4 Å². The van der Waals surface area contributed by atoms with Gasteiger partial charge in [0.05, 0.1) is 25.3 Å². The summed E-state index contributed by atoms with van der Waals surface area (Å²) in [6, 6.07) is 3.95. The molecule has 0 spiro atoms. The van der Waals surface area contributed by atoms with Crippen LogP contribution in [0.25, 0.3) is 0 Å². The lowest BCUT2D eigenvalue weighted by atomic mass is 9.94. The van der Waals surface area contributed by atoms with Gasteiger partial charge in [0.2, 0.25) is 0 Å². The van der Waals surface area contributed by atoms with Gasteiger partial charge in [-0.3, -0.25) is 0 Å². The van der Waals surface area contributed by atoms with Gasteiger partial charge in [0.15, 0.2) is 0 Å². The number of nitrogens with one attached hydrogen (secondary N) is 1. The van der Waals surface area contributed by atoms with Gasteiger partial charge in [-0.05, 0) is 113 Å². The van der Waals surface area contributed by atoms with Crippen LogP contribution in [-0.4, -0.2) is 37.4 Å². The minimum atomic E-state index is -0.403. The lowest BCUT2D eigenvalue weighted by Crippen LogP contribution is -3.15. The maximum absolute atomic E-state index is 12.5. The van der Waals surface area contributed by atoms with Gasteiger partial charge >= 0.3 is 12.1 Å². The summed E-state index contributed by atoms with van der Waals surface area (Å²) in [6.45, 7) is 7.90. The number of ether oxygens (including phenoxy) is 2. The second kappa shape index (κ2) is 11.1. The number of benzene rings is 1. The van der Waals surface area contributed by atoms with Crippen molar-refractivity contribution in [2.75, 3.05) is 19.7 Å². The number of carbonyl (C=O) groups excluding carboxylic acids is 2. The summed E-state index contributed by atoms with van der Waals surface area (Å²) in [5.41, 5.74) is 0.257. The third kappa shape index (κ3) is 6.93. The number of rotatable bonds is 6. The van der Waals surface area contributed by atoms with Crippen molar-refractivity contribution in [3.63, 3.8) is 0 Å². The summed E-state index contributed by atoms with van der Waals surface area (Å²) in [4.78, 5) is 25.7. The Hall–Kier alpha value is 0.310. The Labute approximate surface area is 208 Å². The van der Waals surface area contributed by atoms with Gasteiger partial charge in [-0.2, -0.15) is 4.79 Å². The molecule has 0 aromatic heterocycles. The van der Waals surface area contributed by atoms with Crippen LogP contribution in [0.2, 0.25) is 0 Å². The highest BCUT2D eigenvalue weighted by atomic mass is 127. The summed E-state index contributed by atoms with van der Waals surface area (Å²) in [7, 11) is 0. The fraction of sp³-hybridized carbons (Fsp3) is 0.600. The van der Waals surface area contributed by atoms with E-state index in [-0.39, 0.29) is 12.1 Å². The molecule has 0 atom stereocenters. The number of likely N-dealkylation sites (tertiary alicyclic amines) is 1. The van der Waals surface area contributed by atoms with Crippen molar-refractivity contribution in [1.29, 1.82) is 0 Å². The van der Waals surface area contributed by atoms with E-state index in [4.69, 9.17) is 9.47 Å². The normalized spacial score (nSPS) is 19.9. The van der Waals surface area contributed by atoms with E-state index < -0.39 is 5.60 Å². The number of quaternary nitrogens is 1. The van der Waals surface area contributed by atoms with Gasteiger partial charge in [0.1, 0.15) is 5.60 Å². The number of esters is 1. The number of hydrogen-bond acceptors (Lipinski definition) is 4. The maximum Gasteiger partial charge on any atom is 0.514 e. The quantitative estimate of drug-likeness (QED) is 0.264. The first kappa shape index (κ1) is 24.6. The number of hydrogen-bond donors (Lipinski definition) is 1. The van der Waals surface area contributed by atoms with E-state index in [1.54, 1.807) is 0 Å². The molecular weight excluding hydrogens is 699 g/mol. The van der Waals surface area contributed by atoms with Crippen LogP contribution in [0, 0.1) is 16.6 Å². The second-order valence-electron chi connectivity index (χ2n) is 7.69. The third-order valence-electron chi connectivity index (χ3n) is 5.23. The lowest BCUT2D eigenvalue weighted by molar-refractivity contribution is -0.832. The highest BCUT2D eigenvalue weighted by molar-refractivity contribution is 14.1. The summed E-state index contributed by atoms with van der Waals surface area (Å²) >= 11 is 6.61. The molecule has 1 aliphatic rings. The Kier molecular flexibility index (Phi) is 9.72. The van der Waals surface area contributed by atoms with Gasteiger partial charge in [0.25, 0.3) is 0 Å². The molecular formula is C20H27I3NO4+. The zero-order valence-electron chi connectivity index (χ0n) is 16.4. The zero-order valence-corrected chi connectivity index (χ0v) is 22.9. The topological polar surface area (TPSA) is 57.0 Å². The molecule has 1 aromatic rings.